The standard InChI is InChI=1S/C13H9Cl2F2NO2S/c14-10-3-1-8(5-11(10)15)7-18-21(19,20)13-6-9(16)2-4-12(13)17/h1-6,18H,7H2. The Balaban J connectivity index is 2.21. The Kier molecular flexibility index (Phi) is 4.83. The van der Waals surface area contributed by atoms with Crippen LogP contribution in [0.3, 0.4) is 0 Å². The number of nitrogens with one attached hydrogen (secondary N) is 1. The van der Waals surface area contributed by atoms with E-state index in [1.807, 2.05) is 0 Å². The molecule has 0 aromatic heterocycles. The van der Waals surface area contributed by atoms with E-state index in [-0.39, 0.29) is 11.6 Å². The van der Waals surface area contributed by atoms with Crippen LogP contribution in [0.1, 0.15) is 5.56 Å². The summed E-state index contributed by atoms with van der Waals surface area (Å²) in [6.07, 6.45) is 0. The molecule has 112 valence electrons. The first-order valence-electron chi connectivity index (χ1n) is 5.68. The highest BCUT2D eigenvalue weighted by Crippen LogP contribution is 2.23. The second kappa shape index (κ2) is 6.27. The maximum absolute atomic E-state index is 13.5. The average molecular weight is 352 g/mol. The summed E-state index contributed by atoms with van der Waals surface area (Å²) in [5, 5.41) is 0.602. The topological polar surface area (TPSA) is 46.2 Å². The molecule has 0 aliphatic carbocycles. The van der Waals surface area contributed by atoms with Crippen LogP contribution in [0.4, 0.5) is 8.78 Å². The number of hydrogen-bond donors (Lipinski definition) is 1. The molecule has 0 radical (unpaired) electrons. The summed E-state index contributed by atoms with van der Waals surface area (Å²) >= 11 is 11.6. The van der Waals surface area contributed by atoms with Gasteiger partial charge >= 0.3 is 0 Å². The summed E-state index contributed by atoms with van der Waals surface area (Å²) < 4.78 is 52.6. The Bertz CT molecular complexity index is 782. The van der Waals surface area contributed by atoms with Gasteiger partial charge in [0.1, 0.15) is 16.5 Å². The zero-order valence-electron chi connectivity index (χ0n) is 10.4. The van der Waals surface area contributed by atoms with Gasteiger partial charge < -0.3 is 0 Å². The molecule has 1 N–H and O–H groups in total. The van der Waals surface area contributed by atoms with E-state index in [1.165, 1.54) is 12.1 Å². The molecule has 0 heterocycles. The van der Waals surface area contributed by atoms with E-state index >= 15 is 0 Å². The van der Waals surface area contributed by atoms with Crippen LogP contribution in [0.15, 0.2) is 41.3 Å². The van der Waals surface area contributed by atoms with Crippen LogP contribution in [0.2, 0.25) is 10.0 Å². The van der Waals surface area contributed by atoms with Gasteiger partial charge in [0.15, 0.2) is 0 Å². The number of hydrogen-bond acceptors (Lipinski definition) is 2. The molecule has 0 saturated heterocycles. The van der Waals surface area contributed by atoms with Crippen molar-refractivity contribution in [3.05, 3.63) is 63.6 Å². The van der Waals surface area contributed by atoms with Crippen molar-refractivity contribution in [1.29, 1.82) is 0 Å². The Morgan fingerprint density at radius 3 is 2.38 bits per heavy atom. The van der Waals surface area contributed by atoms with Crippen molar-refractivity contribution in [3.8, 4) is 0 Å². The van der Waals surface area contributed by atoms with Crippen LogP contribution >= 0.6 is 23.2 Å². The molecule has 2 aromatic rings. The van der Waals surface area contributed by atoms with E-state index in [0.29, 0.717) is 16.7 Å². The van der Waals surface area contributed by atoms with Crippen LogP contribution < -0.4 is 4.72 Å². The van der Waals surface area contributed by atoms with E-state index in [4.69, 9.17) is 23.2 Å². The van der Waals surface area contributed by atoms with Crippen LogP contribution in [0, 0.1) is 11.6 Å². The molecule has 21 heavy (non-hydrogen) atoms. The van der Waals surface area contributed by atoms with E-state index < -0.39 is 26.6 Å². The molecule has 0 aliphatic rings. The van der Waals surface area contributed by atoms with Crippen LogP contribution in [0.25, 0.3) is 0 Å². The van der Waals surface area contributed by atoms with Gasteiger partial charge in [-0.05, 0) is 35.9 Å². The molecule has 0 atom stereocenters. The minimum atomic E-state index is -4.18. The van der Waals surface area contributed by atoms with Gasteiger partial charge in [0.2, 0.25) is 10.0 Å². The second-order valence-electron chi connectivity index (χ2n) is 4.15. The maximum atomic E-state index is 13.5. The van der Waals surface area contributed by atoms with Gasteiger partial charge in [-0.3, -0.25) is 0 Å². The summed E-state index contributed by atoms with van der Waals surface area (Å²) in [4.78, 5) is -0.748. The third-order valence-corrected chi connectivity index (χ3v) is 4.79. The summed E-state index contributed by atoms with van der Waals surface area (Å²) in [5.41, 5.74) is 0.532. The van der Waals surface area contributed by atoms with Gasteiger partial charge in [-0.25, -0.2) is 21.9 Å². The average Bonchev–Trinajstić information content (AvgIpc) is 2.43. The largest absolute Gasteiger partial charge is 0.243 e. The SMILES string of the molecule is O=S(=O)(NCc1ccc(Cl)c(Cl)c1)c1cc(F)ccc1F. The molecule has 0 spiro atoms. The molecule has 0 fully saturated rings. The predicted octanol–water partition coefficient (Wildman–Crippen LogP) is 3.75. The fourth-order valence-electron chi connectivity index (χ4n) is 1.59. The lowest BCUT2D eigenvalue weighted by Crippen LogP contribution is -2.24. The Morgan fingerprint density at radius 1 is 1.00 bits per heavy atom. The summed E-state index contributed by atoms with van der Waals surface area (Å²) in [5.74, 6) is -1.87. The van der Waals surface area contributed by atoms with Gasteiger partial charge in [-0.15, -0.1) is 0 Å². The lowest BCUT2D eigenvalue weighted by atomic mass is 10.2. The molecule has 0 unspecified atom stereocenters. The van der Waals surface area contributed by atoms with Crippen LogP contribution in [-0.4, -0.2) is 8.42 Å². The number of halogens is 4. The zero-order valence-corrected chi connectivity index (χ0v) is 12.7. The van der Waals surface area contributed by atoms with Gasteiger partial charge in [0.25, 0.3) is 0 Å². The van der Waals surface area contributed by atoms with Gasteiger partial charge in [-0.1, -0.05) is 29.3 Å². The number of benzene rings is 2. The van der Waals surface area contributed by atoms with Crippen molar-refractivity contribution in [2.45, 2.75) is 11.4 Å². The maximum Gasteiger partial charge on any atom is 0.243 e. The lowest BCUT2D eigenvalue weighted by molar-refractivity contribution is 0.545. The molecule has 0 aliphatic heterocycles. The third-order valence-electron chi connectivity index (χ3n) is 2.63. The smallest absolute Gasteiger partial charge is 0.207 e. The molecule has 2 aromatic carbocycles. The molecule has 0 saturated carbocycles. The molecule has 3 nitrogen and oxygen atoms in total. The molecule has 2 rings (SSSR count). The minimum absolute atomic E-state index is 0.130. The second-order valence-corrected chi connectivity index (χ2v) is 6.70. The quantitative estimate of drug-likeness (QED) is 0.911. The summed E-state index contributed by atoms with van der Waals surface area (Å²) in [6.45, 7) is -0.130. The highest BCUT2D eigenvalue weighted by molar-refractivity contribution is 7.89. The van der Waals surface area contributed by atoms with E-state index in [1.54, 1.807) is 6.07 Å². The highest BCUT2D eigenvalue weighted by Gasteiger charge is 2.19. The number of sulfonamides is 1. The molecule has 0 bridgehead atoms. The first kappa shape index (κ1) is 16.2. The van der Waals surface area contributed by atoms with Gasteiger partial charge in [0.05, 0.1) is 10.0 Å². The van der Waals surface area contributed by atoms with Crippen molar-refractivity contribution < 1.29 is 17.2 Å². The third kappa shape index (κ3) is 3.91. The van der Waals surface area contributed by atoms with Gasteiger partial charge in [0, 0.05) is 6.54 Å². The monoisotopic (exact) mass is 351 g/mol. The summed E-state index contributed by atoms with van der Waals surface area (Å²) in [6, 6.07) is 6.77. The molecular weight excluding hydrogens is 343 g/mol. The van der Waals surface area contributed by atoms with Crippen molar-refractivity contribution >= 4 is 33.2 Å². The van der Waals surface area contributed by atoms with Crippen molar-refractivity contribution in [2.75, 3.05) is 0 Å². The van der Waals surface area contributed by atoms with E-state index in [2.05, 4.69) is 4.72 Å². The van der Waals surface area contributed by atoms with E-state index in [0.717, 1.165) is 12.1 Å². The lowest BCUT2D eigenvalue weighted by Gasteiger charge is -2.08. The summed E-state index contributed by atoms with van der Waals surface area (Å²) in [7, 11) is -4.18. The van der Waals surface area contributed by atoms with Crippen molar-refractivity contribution in [3.63, 3.8) is 0 Å². The zero-order chi connectivity index (χ0) is 15.6. The molecular formula is C13H9Cl2F2NO2S. The normalized spacial score (nSPS) is 11.6. The van der Waals surface area contributed by atoms with Crippen molar-refractivity contribution in [2.24, 2.45) is 0 Å². The molecule has 8 heteroatoms. The van der Waals surface area contributed by atoms with Crippen LogP contribution in [0.5, 0.6) is 0 Å². The van der Waals surface area contributed by atoms with E-state index in [9.17, 15) is 17.2 Å². The Hall–Kier alpha value is -1.21. The Morgan fingerprint density at radius 2 is 1.71 bits per heavy atom. The first-order valence-corrected chi connectivity index (χ1v) is 7.92. The highest BCUT2D eigenvalue weighted by atomic mass is 35.5. The van der Waals surface area contributed by atoms with Crippen LogP contribution in [-0.2, 0) is 16.6 Å². The van der Waals surface area contributed by atoms with Gasteiger partial charge in [-0.2, -0.15) is 0 Å². The first-order chi connectivity index (χ1) is 9.79. The fourth-order valence-corrected chi connectivity index (χ4v) is 3.01. The fraction of sp³-hybridized carbons (Fsp3) is 0.0769. The van der Waals surface area contributed by atoms with Crippen molar-refractivity contribution in [1.82, 2.24) is 4.72 Å². The Labute approximate surface area is 130 Å². The number of rotatable bonds is 4. The minimum Gasteiger partial charge on any atom is -0.207 e. The molecule has 0 amide bonds. The predicted molar refractivity (Wildman–Crippen MR) is 76.8 cm³/mol.